The number of carbonyl (C=O) groups is 1. The number of aryl methyl sites for hydroxylation is 1. The highest BCUT2D eigenvalue weighted by Crippen LogP contribution is 2.24. The van der Waals surface area contributed by atoms with Gasteiger partial charge in [-0.25, -0.2) is 9.97 Å². The molecule has 5 nitrogen and oxygen atoms in total. The van der Waals surface area contributed by atoms with Crippen LogP contribution in [0, 0.1) is 12.8 Å². The van der Waals surface area contributed by atoms with Crippen molar-refractivity contribution in [1.29, 1.82) is 0 Å². The predicted octanol–water partition coefficient (Wildman–Crippen LogP) is 3.98. The molecule has 1 saturated heterocycles. The van der Waals surface area contributed by atoms with Crippen LogP contribution in [0.2, 0.25) is 0 Å². The van der Waals surface area contributed by atoms with Gasteiger partial charge in [0, 0.05) is 37.3 Å². The standard InChI is InChI=1S/C24H26N4O/c1-18-6-5-7-19(16-18)17-26-24(29)21-11-14-28(15-12-21)22-10-13-25-23(27-22)20-8-3-2-4-9-20/h2-10,13,16,21H,11-12,14-15,17H2,1H3,(H,26,29). The summed E-state index contributed by atoms with van der Waals surface area (Å²) in [6.07, 6.45) is 3.49. The molecule has 2 aromatic carbocycles. The number of anilines is 1. The summed E-state index contributed by atoms with van der Waals surface area (Å²) in [6.45, 7) is 4.31. The smallest absolute Gasteiger partial charge is 0.223 e. The fraction of sp³-hybridized carbons (Fsp3) is 0.292. The van der Waals surface area contributed by atoms with Crippen molar-refractivity contribution in [2.24, 2.45) is 5.92 Å². The largest absolute Gasteiger partial charge is 0.356 e. The number of amides is 1. The van der Waals surface area contributed by atoms with Crippen LogP contribution in [0.5, 0.6) is 0 Å². The topological polar surface area (TPSA) is 58.1 Å². The van der Waals surface area contributed by atoms with Gasteiger partial charge in [-0.15, -0.1) is 0 Å². The van der Waals surface area contributed by atoms with E-state index in [9.17, 15) is 4.79 Å². The van der Waals surface area contributed by atoms with Crippen LogP contribution in [0.3, 0.4) is 0 Å². The van der Waals surface area contributed by atoms with Crippen LogP contribution in [0.25, 0.3) is 11.4 Å². The molecule has 0 radical (unpaired) electrons. The summed E-state index contributed by atoms with van der Waals surface area (Å²) in [6, 6.07) is 20.2. The second kappa shape index (κ2) is 8.86. The van der Waals surface area contributed by atoms with Gasteiger partial charge in [0.25, 0.3) is 0 Å². The van der Waals surface area contributed by atoms with Gasteiger partial charge in [-0.3, -0.25) is 4.79 Å². The van der Waals surface area contributed by atoms with E-state index in [1.807, 2.05) is 48.7 Å². The molecule has 1 amide bonds. The lowest BCUT2D eigenvalue weighted by molar-refractivity contribution is -0.125. The summed E-state index contributed by atoms with van der Waals surface area (Å²) in [5.41, 5.74) is 3.37. The maximum absolute atomic E-state index is 12.6. The van der Waals surface area contributed by atoms with E-state index in [1.165, 1.54) is 5.56 Å². The molecule has 1 fully saturated rings. The average Bonchev–Trinajstić information content (AvgIpc) is 2.78. The van der Waals surface area contributed by atoms with Gasteiger partial charge in [0.05, 0.1) is 0 Å². The lowest BCUT2D eigenvalue weighted by Gasteiger charge is -2.32. The Morgan fingerprint density at radius 1 is 1.07 bits per heavy atom. The number of aromatic nitrogens is 2. The van der Waals surface area contributed by atoms with Gasteiger partial charge in [-0.2, -0.15) is 0 Å². The van der Waals surface area contributed by atoms with Crippen LogP contribution in [-0.4, -0.2) is 29.0 Å². The summed E-state index contributed by atoms with van der Waals surface area (Å²) < 4.78 is 0. The molecule has 0 bridgehead atoms. The van der Waals surface area contributed by atoms with Gasteiger partial charge in [-0.05, 0) is 31.4 Å². The lowest BCUT2D eigenvalue weighted by Crippen LogP contribution is -2.40. The molecule has 0 atom stereocenters. The third-order valence-corrected chi connectivity index (χ3v) is 5.41. The quantitative estimate of drug-likeness (QED) is 0.720. The Kier molecular flexibility index (Phi) is 5.84. The molecule has 0 spiro atoms. The Morgan fingerprint density at radius 3 is 2.62 bits per heavy atom. The van der Waals surface area contributed by atoms with Crippen molar-refractivity contribution in [1.82, 2.24) is 15.3 Å². The van der Waals surface area contributed by atoms with Gasteiger partial charge in [-0.1, -0.05) is 60.2 Å². The molecule has 1 aromatic heterocycles. The average molecular weight is 386 g/mol. The molecule has 29 heavy (non-hydrogen) atoms. The minimum absolute atomic E-state index is 0.0616. The Hall–Kier alpha value is -3.21. The van der Waals surface area contributed by atoms with Crippen molar-refractivity contribution in [3.8, 4) is 11.4 Å². The van der Waals surface area contributed by atoms with E-state index in [-0.39, 0.29) is 11.8 Å². The first-order chi connectivity index (χ1) is 14.2. The second-order valence-corrected chi connectivity index (χ2v) is 7.57. The minimum Gasteiger partial charge on any atom is -0.356 e. The van der Waals surface area contributed by atoms with Crippen molar-refractivity contribution >= 4 is 11.7 Å². The van der Waals surface area contributed by atoms with Crippen molar-refractivity contribution < 1.29 is 4.79 Å². The highest BCUT2D eigenvalue weighted by Gasteiger charge is 2.25. The van der Waals surface area contributed by atoms with E-state index in [2.05, 4.69) is 40.3 Å². The molecular formula is C24H26N4O. The molecule has 0 saturated carbocycles. The van der Waals surface area contributed by atoms with Crippen molar-refractivity contribution in [3.63, 3.8) is 0 Å². The van der Waals surface area contributed by atoms with E-state index in [4.69, 9.17) is 4.98 Å². The first-order valence-corrected chi connectivity index (χ1v) is 10.2. The van der Waals surface area contributed by atoms with E-state index in [0.717, 1.165) is 48.7 Å². The summed E-state index contributed by atoms with van der Waals surface area (Å²) in [5.74, 6) is 1.88. The Balaban J connectivity index is 1.33. The molecule has 148 valence electrons. The van der Waals surface area contributed by atoms with Gasteiger partial charge >= 0.3 is 0 Å². The van der Waals surface area contributed by atoms with Crippen LogP contribution >= 0.6 is 0 Å². The monoisotopic (exact) mass is 386 g/mol. The summed E-state index contributed by atoms with van der Waals surface area (Å²) in [7, 11) is 0. The molecule has 1 aliphatic heterocycles. The number of piperidine rings is 1. The Morgan fingerprint density at radius 2 is 1.86 bits per heavy atom. The van der Waals surface area contributed by atoms with E-state index < -0.39 is 0 Å². The molecule has 0 aliphatic carbocycles. The molecule has 0 unspecified atom stereocenters. The zero-order chi connectivity index (χ0) is 20.1. The third kappa shape index (κ3) is 4.80. The zero-order valence-electron chi connectivity index (χ0n) is 16.7. The number of benzene rings is 2. The Bertz CT molecular complexity index is 965. The number of hydrogen-bond acceptors (Lipinski definition) is 4. The summed E-state index contributed by atoms with van der Waals surface area (Å²) in [4.78, 5) is 24.0. The van der Waals surface area contributed by atoms with Crippen molar-refractivity contribution in [3.05, 3.63) is 78.0 Å². The Labute approximate surface area is 171 Å². The summed E-state index contributed by atoms with van der Waals surface area (Å²) in [5, 5.41) is 3.10. The van der Waals surface area contributed by atoms with Crippen LogP contribution in [-0.2, 0) is 11.3 Å². The maximum Gasteiger partial charge on any atom is 0.223 e. The van der Waals surface area contributed by atoms with Crippen LogP contribution < -0.4 is 10.2 Å². The van der Waals surface area contributed by atoms with Gasteiger partial charge in [0.15, 0.2) is 5.82 Å². The van der Waals surface area contributed by atoms with E-state index in [1.54, 1.807) is 0 Å². The maximum atomic E-state index is 12.6. The molecule has 5 heteroatoms. The second-order valence-electron chi connectivity index (χ2n) is 7.57. The number of nitrogens with one attached hydrogen (secondary N) is 1. The fourth-order valence-corrected chi connectivity index (χ4v) is 3.78. The van der Waals surface area contributed by atoms with E-state index >= 15 is 0 Å². The van der Waals surface area contributed by atoms with Gasteiger partial charge in [0.2, 0.25) is 5.91 Å². The number of rotatable bonds is 5. The van der Waals surface area contributed by atoms with Crippen LogP contribution in [0.1, 0.15) is 24.0 Å². The molecule has 2 heterocycles. The van der Waals surface area contributed by atoms with Crippen LogP contribution in [0.4, 0.5) is 5.82 Å². The first-order valence-electron chi connectivity index (χ1n) is 10.2. The molecule has 4 rings (SSSR count). The van der Waals surface area contributed by atoms with Crippen molar-refractivity contribution in [2.75, 3.05) is 18.0 Å². The first kappa shape index (κ1) is 19.1. The number of hydrogen-bond donors (Lipinski definition) is 1. The molecular weight excluding hydrogens is 360 g/mol. The summed E-state index contributed by atoms with van der Waals surface area (Å²) >= 11 is 0. The lowest BCUT2D eigenvalue weighted by atomic mass is 9.95. The normalized spacial score (nSPS) is 14.6. The number of carbonyl (C=O) groups excluding carboxylic acids is 1. The predicted molar refractivity (Wildman–Crippen MR) is 115 cm³/mol. The van der Waals surface area contributed by atoms with Gasteiger partial charge in [0.1, 0.15) is 5.82 Å². The highest BCUT2D eigenvalue weighted by atomic mass is 16.1. The van der Waals surface area contributed by atoms with E-state index in [0.29, 0.717) is 6.54 Å². The van der Waals surface area contributed by atoms with Gasteiger partial charge < -0.3 is 10.2 Å². The van der Waals surface area contributed by atoms with Crippen LogP contribution in [0.15, 0.2) is 66.9 Å². The molecule has 1 N–H and O–H groups in total. The zero-order valence-corrected chi connectivity index (χ0v) is 16.7. The number of nitrogens with zero attached hydrogens (tertiary/aromatic N) is 3. The fourth-order valence-electron chi connectivity index (χ4n) is 3.78. The SMILES string of the molecule is Cc1cccc(CNC(=O)C2CCN(c3ccnc(-c4ccccc4)n3)CC2)c1. The minimum atomic E-state index is 0.0616. The molecule has 3 aromatic rings. The van der Waals surface area contributed by atoms with Crippen molar-refractivity contribution in [2.45, 2.75) is 26.3 Å². The molecule has 1 aliphatic rings. The third-order valence-electron chi connectivity index (χ3n) is 5.41. The highest BCUT2D eigenvalue weighted by molar-refractivity contribution is 5.79.